The topological polar surface area (TPSA) is 38.0 Å². The van der Waals surface area contributed by atoms with Crippen LogP contribution in [0.1, 0.15) is 56.7 Å². The molecule has 17 heavy (non-hydrogen) atoms. The van der Waals surface area contributed by atoms with E-state index in [-0.39, 0.29) is 6.04 Å². The molecule has 1 atom stereocenters. The summed E-state index contributed by atoms with van der Waals surface area (Å²) in [5.74, 6) is 6.42. The summed E-state index contributed by atoms with van der Waals surface area (Å²) in [4.78, 5) is 0. The number of nitrogens with one attached hydrogen (secondary N) is 1. The Kier molecular flexibility index (Phi) is 6.23. The first-order chi connectivity index (χ1) is 8.24. The van der Waals surface area contributed by atoms with Gasteiger partial charge in [-0.25, -0.2) is 0 Å². The monoisotopic (exact) mass is 234 g/mol. The van der Waals surface area contributed by atoms with Crippen molar-refractivity contribution in [3.63, 3.8) is 0 Å². The number of rotatable bonds is 7. The third-order valence-electron chi connectivity index (χ3n) is 3.49. The molecule has 0 heterocycles. The van der Waals surface area contributed by atoms with E-state index >= 15 is 0 Å². The van der Waals surface area contributed by atoms with Crippen molar-refractivity contribution in [2.24, 2.45) is 11.8 Å². The highest BCUT2D eigenvalue weighted by molar-refractivity contribution is 5.29. The third-order valence-corrected chi connectivity index (χ3v) is 3.49. The molecule has 0 aliphatic heterocycles. The maximum absolute atomic E-state index is 5.79. The molecule has 3 N–H and O–H groups in total. The van der Waals surface area contributed by atoms with Crippen molar-refractivity contribution in [2.75, 3.05) is 0 Å². The van der Waals surface area contributed by atoms with Gasteiger partial charge in [0, 0.05) is 6.04 Å². The first-order valence-corrected chi connectivity index (χ1v) is 6.76. The maximum Gasteiger partial charge on any atom is 0.0490 e. The van der Waals surface area contributed by atoms with E-state index in [2.05, 4.69) is 50.5 Å². The molecular formula is C15H26N2. The molecule has 0 aliphatic rings. The summed E-state index contributed by atoms with van der Waals surface area (Å²) in [6, 6.07) is 8.83. The van der Waals surface area contributed by atoms with Gasteiger partial charge < -0.3 is 0 Å². The van der Waals surface area contributed by atoms with E-state index in [1.807, 2.05) is 0 Å². The summed E-state index contributed by atoms with van der Waals surface area (Å²) in [7, 11) is 0. The fourth-order valence-electron chi connectivity index (χ4n) is 2.63. The standard InChI is InChI=1S/C15H26N2/c1-4-8-13(9-5-2)15(17-16)14-11-7-6-10-12(14)3/h6-7,10-11,13,15,17H,4-5,8-9,16H2,1-3H3. The molecule has 1 rings (SSSR count). The van der Waals surface area contributed by atoms with Crippen LogP contribution in [0.15, 0.2) is 24.3 Å². The number of hydrogen-bond acceptors (Lipinski definition) is 2. The van der Waals surface area contributed by atoms with Crippen LogP contribution in [0.3, 0.4) is 0 Å². The van der Waals surface area contributed by atoms with Crippen molar-refractivity contribution in [3.8, 4) is 0 Å². The predicted octanol–water partition coefficient (Wildman–Crippen LogP) is 3.72. The van der Waals surface area contributed by atoms with Crippen molar-refractivity contribution in [3.05, 3.63) is 35.4 Å². The van der Waals surface area contributed by atoms with E-state index < -0.39 is 0 Å². The van der Waals surface area contributed by atoms with Gasteiger partial charge in [-0.1, -0.05) is 51.0 Å². The van der Waals surface area contributed by atoms with Crippen molar-refractivity contribution >= 4 is 0 Å². The maximum atomic E-state index is 5.79. The summed E-state index contributed by atoms with van der Waals surface area (Å²) in [6.07, 6.45) is 4.90. The summed E-state index contributed by atoms with van der Waals surface area (Å²) in [6.45, 7) is 6.65. The van der Waals surface area contributed by atoms with Gasteiger partial charge in [0.1, 0.15) is 0 Å². The molecule has 0 amide bonds. The average molecular weight is 234 g/mol. The van der Waals surface area contributed by atoms with Gasteiger partial charge in [-0.05, 0) is 36.8 Å². The smallest absolute Gasteiger partial charge is 0.0490 e. The van der Waals surface area contributed by atoms with Crippen LogP contribution in [0.4, 0.5) is 0 Å². The summed E-state index contributed by atoms with van der Waals surface area (Å²) >= 11 is 0. The van der Waals surface area contributed by atoms with Crippen LogP contribution < -0.4 is 11.3 Å². The highest BCUT2D eigenvalue weighted by Crippen LogP contribution is 2.30. The Morgan fingerprint density at radius 1 is 1.12 bits per heavy atom. The first-order valence-electron chi connectivity index (χ1n) is 6.76. The van der Waals surface area contributed by atoms with Crippen molar-refractivity contribution in [1.29, 1.82) is 0 Å². The van der Waals surface area contributed by atoms with Gasteiger partial charge in [-0.3, -0.25) is 11.3 Å². The lowest BCUT2D eigenvalue weighted by Gasteiger charge is -2.27. The van der Waals surface area contributed by atoms with Crippen LogP contribution in [0.5, 0.6) is 0 Å². The first kappa shape index (κ1) is 14.2. The molecular weight excluding hydrogens is 208 g/mol. The number of nitrogens with two attached hydrogens (primary N) is 1. The van der Waals surface area contributed by atoms with Gasteiger partial charge in [0.25, 0.3) is 0 Å². The predicted molar refractivity (Wildman–Crippen MR) is 74.5 cm³/mol. The molecule has 1 aromatic carbocycles. The van der Waals surface area contributed by atoms with E-state index in [1.165, 1.54) is 36.8 Å². The average Bonchev–Trinajstić information content (AvgIpc) is 2.33. The third kappa shape index (κ3) is 3.83. The molecule has 2 nitrogen and oxygen atoms in total. The molecule has 0 radical (unpaired) electrons. The van der Waals surface area contributed by atoms with E-state index in [4.69, 9.17) is 5.84 Å². The Morgan fingerprint density at radius 2 is 1.71 bits per heavy atom. The second-order valence-electron chi connectivity index (χ2n) is 4.84. The van der Waals surface area contributed by atoms with Crippen LogP contribution in [-0.2, 0) is 0 Å². The van der Waals surface area contributed by atoms with Crippen LogP contribution in [0, 0.1) is 12.8 Å². The van der Waals surface area contributed by atoms with Gasteiger partial charge in [-0.15, -0.1) is 0 Å². The molecule has 1 unspecified atom stereocenters. The highest BCUT2D eigenvalue weighted by atomic mass is 15.2. The lowest BCUT2D eigenvalue weighted by atomic mass is 9.85. The van der Waals surface area contributed by atoms with Gasteiger partial charge in [-0.2, -0.15) is 0 Å². The molecule has 0 aromatic heterocycles. The highest BCUT2D eigenvalue weighted by Gasteiger charge is 2.21. The quantitative estimate of drug-likeness (QED) is 0.557. The summed E-state index contributed by atoms with van der Waals surface area (Å²) in [5, 5.41) is 0. The fraction of sp³-hybridized carbons (Fsp3) is 0.600. The Morgan fingerprint density at radius 3 is 2.18 bits per heavy atom. The van der Waals surface area contributed by atoms with Crippen LogP contribution in [0.25, 0.3) is 0 Å². The van der Waals surface area contributed by atoms with Crippen LogP contribution in [0.2, 0.25) is 0 Å². The van der Waals surface area contributed by atoms with Gasteiger partial charge in [0.2, 0.25) is 0 Å². The largest absolute Gasteiger partial charge is 0.271 e. The molecule has 0 saturated heterocycles. The number of hydrazine groups is 1. The van der Waals surface area contributed by atoms with E-state index in [0.29, 0.717) is 5.92 Å². The van der Waals surface area contributed by atoms with E-state index in [1.54, 1.807) is 0 Å². The van der Waals surface area contributed by atoms with E-state index in [9.17, 15) is 0 Å². The minimum atomic E-state index is 0.288. The summed E-state index contributed by atoms with van der Waals surface area (Å²) < 4.78 is 0. The molecule has 2 heteroatoms. The second kappa shape index (κ2) is 7.46. The molecule has 1 aromatic rings. The van der Waals surface area contributed by atoms with Gasteiger partial charge in [0.05, 0.1) is 0 Å². The second-order valence-corrected chi connectivity index (χ2v) is 4.84. The Balaban J connectivity index is 2.91. The Bertz CT molecular complexity index is 316. The van der Waals surface area contributed by atoms with Crippen LogP contribution in [-0.4, -0.2) is 0 Å². The number of benzene rings is 1. The van der Waals surface area contributed by atoms with Gasteiger partial charge in [0.15, 0.2) is 0 Å². The minimum absolute atomic E-state index is 0.288. The zero-order valence-electron chi connectivity index (χ0n) is 11.4. The van der Waals surface area contributed by atoms with Crippen molar-refractivity contribution in [1.82, 2.24) is 5.43 Å². The normalized spacial score (nSPS) is 13.0. The minimum Gasteiger partial charge on any atom is -0.271 e. The SMILES string of the molecule is CCCC(CCC)C(NN)c1ccccc1C. The zero-order valence-corrected chi connectivity index (χ0v) is 11.4. The Hall–Kier alpha value is -0.860. The van der Waals surface area contributed by atoms with Crippen LogP contribution >= 0.6 is 0 Å². The molecule has 0 aliphatic carbocycles. The number of aryl methyl sites for hydroxylation is 1. The van der Waals surface area contributed by atoms with E-state index in [0.717, 1.165) is 0 Å². The van der Waals surface area contributed by atoms with Crippen molar-refractivity contribution in [2.45, 2.75) is 52.5 Å². The lowest BCUT2D eigenvalue weighted by Crippen LogP contribution is -2.34. The molecule has 0 bridgehead atoms. The zero-order chi connectivity index (χ0) is 12.7. The fourth-order valence-corrected chi connectivity index (χ4v) is 2.63. The lowest BCUT2D eigenvalue weighted by molar-refractivity contribution is 0.318. The molecule has 0 fully saturated rings. The molecule has 96 valence electrons. The summed E-state index contributed by atoms with van der Waals surface area (Å²) in [5.41, 5.74) is 5.70. The van der Waals surface area contributed by atoms with Crippen molar-refractivity contribution < 1.29 is 0 Å². The number of hydrogen-bond donors (Lipinski definition) is 2. The Labute approximate surface area is 106 Å². The molecule has 0 saturated carbocycles. The molecule has 0 spiro atoms. The van der Waals surface area contributed by atoms with Gasteiger partial charge >= 0.3 is 0 Å².